The zero-order valence-corrected chi connectivity index (χ0v) is 11.7. The maximum Gasteiger partial charge on any atom is 0.256 e. The molecule has 0 fully saturated rings. The van der Waals surface area contributed by atoms with E-state index in [0.29, 0.717) is 21.5 Å². The molecule has 2 rings (SSSR count). The summed E-state index contributed by atoms with van der Waals surface area (Å²) < 4.78 is 0.604. The molecule has 0 saturated carbocycles. The predicted octanol–water partition coefficient (Wildman–Crippen LogP) is 1.27. The lowest BCUT2D eigenvalue weighted by atomic mass is 10.1. The molecule has 2 amide bonds. The monoisotopic (exact) mass is 285 g/mol. The van der Waals surface area contributed by atoms with E-state index in [-0.39, 0.29) is 11.8 Å². The fraction of sp³-hybridized carbons (Fsp3) is 0.133. The van der Waals surface area contributed by atoms with E-state index in [1.165, 1.54) is 29.4 Å². The van der Waals surface area contributed by atoms with Gasteiger partial charge in [-0.3, -0.25) is 9.59 Å². The predicted molar refractivity (Wildman–Crippen MR) is 77.8 cm³/mol. The summed E-state index contributed by atoms with van der Waals surface area (Å²) in [6.07, 6.45) is 2.50. The first-order valence-electron chi connectivity index (χ1n) is 6.29. The van der Waals surface area contributed by atoms with Crippen LogP contribution in [0.5, 0.6) is 0 Å². The highest BCUT2D eigenvalue weighted by Gasteiger charge is 2.11. The number of pyridine rings is 1. The third-order valence-electron chi connectivity index (χ3n) is 2.84. The molecule has 1 N–H and O–H groups in total. The first-order chi connectivity index (χ1) is 9.97. The number of nitrogens with zero attached hydrogens (tertiary/aromatic N) is 2. The van der Waals surface area contributed by atoms with Gasteiger partial charge >= 0.3 is 0 Å². The van der Waals surface area contributed by atoms with E-state index in [1.807, 2.05) is 0 Å². The molecule has 1 aromatic heterocycles. The highest BCUT2D eigenvalue weighted by molar-refractivity contribution is 6.04. The Morgan fingerprint density at radius 3 is 2.38 bits per heavy atom. The van der Waals surface area contributed by atoms with Gasteiger partial charge in [-0.05, 0) is 18.2 Å². The SMILES string of the molecule is CN(C)C(=O)c1cccc(NC(=O)c2cc[n+]([O-])cc2)c1. The summed E-state index contributed by atoms with van der Waals surface area (Å²) in [5, 5.41) is 13.6. The molecule has 108 valence electrons. The largest absolute Gasteiger partial charge is 0.619 e. The van der Waals surface area contributed by atoms with Crippen LogP contribution in [0.15, 0.2) is 48.8 Å². The Balaban J connectivity index is 2.16. The second-order valence-corrected chi connectivity index (χ2v) is 4.68. The van der Waals surface area contributed by atoms with Gasteiger partial charge < -0.3 is 15.4 Å². The molecule has 0 saturated heterocycles. The van der Waals surface area contributed by atoms with Crippen molar-refractivity contribution in [3.8, 4) is 0 Å². The molecule has 21 heavy (non-hydrogen) atoms. The van der Waals surface area contributed by atoms with Crippen molar-refractivity contribution in [2.75, 3.05) is 19.4 Å². The summed E-state index contributed by atoms with van der Waals surface area (Å²) in [4.78, 5) is 25.4. The van der Waals surface area contributed by atoms with Crippen molar-refractivity contribution in [1.82, 2.24) is 4.90 Å². The average molecular weight is 285 g/mol. The maximum absolute atomic E-state index is 12.0. The number of carbonyl (C=O) groups excluding carboxylic acids is 2. The minimum atomic E-state index is -0.343. The van der Waals surface area contributed by atoms with Crippen LogP contribution in [-0.2, 0) is 0 Å². The lowest BCUT2D eigenvalue weighted by Crippen LogP contribution is -2.25. The molecule has 6 heteroatoms. The molecule has 0 aliphatic rings. The zero-order chi connectivity index (χ0) is 15.4. The molecule has 1 heterocycles. The third kappa shape index (κ3) is 3.56. The van der Waals surface area contributed by atoms with Crippen molar-refractivity contribution in [3.05, 3.63) is 65.1 Å². The molecule has 0 aliphatic heterocycles. The molecule has 0 atom stereocenters. The van der Waals surface area contributed by atoms with E-state index in [0.717, 1.165) is 0 Å². The van der Waals surface area contributed by atoms with Gasteiger partial charge in [0.1, 0.15) is 0 Å². The Kier molecular flexibility index (Phi) is 4.18. The zero-order valence-electron chi connectivity index (χ0n) is 11.7. The van der Waals surface area contributed by atoms with Crippen molar-refractivity contribution in [2.45, 2.75) is 0 Å². The van der Waals surface area contributed by atoms with Crippen LogP contribution in [0.4, 0.5) is 5.69 Å². The van der Waals surface area contributed by atoms with Gasteiger partial charge in [0.15, 0.2) is 12.4 Å². The summed E-state index contributed by atoms with van der Waals surface area (Å²) in [6, 6.07) is 9.54. The lowest BCUT2D eigenvalue weighted by molar-refractivity contribution is -0.605. The van der Waals surface area contributed by atoms with Gasteiger partial charge in [-0.25, -0.2) is 0 Å². The number of hydrogen-bond acceptors (Lipinski definition) is 3. The van der Waals surface area contributed by atoms with Gasteiger partial charge in [0.25, 0.3) is 11.8 Å². The van der Waals surface area contributed by atoms with Gasteiger partial charge in [0.05, 0.1) is 5.56 Å². The van der Waals surface area contributed by atoms with Crippen molar-refractivity contribution in [1.29, 1.82) is 0 Å². The molecule has 0 aliphatic carbocycles. The minimum absolute atomic E-state index is 0.141. The Hall–Kier alpha value is -2.89. The number of hydrogen-bond donors (Lipinski definition) is 1. The Morgan fingerprint density at radius 2 is 1.76 bits per heavy atom. The number of aromatic nitrogens is 1. The highest BCUT2D eigenvalue weighted by Crippen LogP contribution is 2.13. The van der Waals surface area contributed by atoms with Gasteiger partial charge in [0.2, 0.25) is 0 Å². The summed E-state index contributed by atoms with van der Waals surface area (Å²) in [6.45, 7) is 0. The van der Waals surface area contributed by atoms with E-state index in [2.05, 4.69) is 5.32 Å². The lowest BCUT2D eigenvalue weighted by Gasteiger charge is -2.11. The van der Waals surface area contributed by atoms with Crippen LogP contribution in [0.25, 0.3) is 0 Å². The maximum atomic E-state index is 12.0. The molecular formula is C15H15N3O3. The molecule has 1 aromatic carbocycles. The number of nitrogens with one attached hydrogen (secondary N) is 1. The fourth-order valence-corrected chi connectivity index (χ4v) is 1.76. The molecule has 0 unspecified atom stereocenters. The number of benzene rings is 1. The van der Waals surface area contributed by atoms with E-state index in [9.17, 15) is 14.8 Å². The first-order valence-corrected chi connectivity index (χ1v) is 6.29. The number of anilines is 1. The van der Waals surface area contributed by atoms with E-state index < -0.39 is 0 Å². The normalized spacial score (nSPS) is 10.0. The molecule has 6 nitrogen and oxygen atoms in total. The van der Waals surface area contributed by atoms with Crippen LogP contribution in [0.2, 0.25) is 0 Å². The van der Waals surface area contributed by atoms with Gasteiger partial charge in [-0.15, -0.1) is 0 Å². The summed E-state index contributed by atoms with van der Waals surface area (Å²) in [7, 11) is 3.32. The Morgan fingerprint density at radius 1 is 1.10 bits per heavy atom. The van der Waals surface area contributed by atoms with Crippen LogP contribution in [0.1, 0.15) is 20.7 Å². The van der Waals surface area contributed by atoms with Gasteiger partial charge in [0, 0.05) is 37.5 Å². The average Bonchev–Trinajstić information content (AvgIpc) is 2.47. The van der Waals surface area contributed by atoms with Gasteiger partial charge in [-0.2, -0.15) is 4.73 Å². The second-order valence-electron chi connectivity index (χ2n) is 4.68. The number of carbonyl (C=O) groups is 2. The Labute approximate surface area is 122 Å². The van der Waals surface area contributed by atoms with Crippen LogP contribution >= 0.6 is 0 Å². The van der Waals surface area contributed by atoms with Gasteiger partial charge in [-0.1, -0.05) is 6.07 Å². The summed E-state index contributed by atoms with van der Waals surface area (Å²) >= 11 is 0. The standard InChI is InChI=1S/C15H15N3O3/c1-17(2)15(20)12-4-3-5-13(10-12)16-14(19)11-6-8-18(21)9-7-11/h3-10H,1-2H3,(H,16,19). The highest BCUT2D eigenvalue weighted by atomic mass is 16.5. The molecular weight excluding hydrogens is 270 g/mol. The van der Waals surface area contributed by atoms with Crippen LogP contribution in [-0.4, -0.2) is 30.8 Å². The second kappa shape index (κ2) is 6.04. The molecule has 2 aromatic rings. The van der Waals surface area contributed by atoms with Crippen LogP contribution < -0.4 is 10.0 Å². The fourth-order valence-electron chi connectivity index (χ4n) is 1.76. The topological polar surface area (TPSA) is 76.4 Å². The van der Waals surface area contributed by atoms with Crippen molar-refractivity contribution in [2.24, 2.45) is 0 Å². The minimum Gasteiger partial charge on any atom is -0.619 e. The number of amides is 2. The summed E-state index contributed by atoms with van der Waals surface area (Å²) in [5.74, 6) is -0.483. The third-order valence-corrected chi connectivity index (χ3v) is 2.84. The van der Waals surface area contributed by atoms with Crippen molar-refractivity contribution < 1.29 is 14.3 Å². The van der Waals surface area contributed by atoms with Crippen LogP contribution in [0.3, 0.4) is 0 Å². The quantitative estimate of drug-likeness (QED) is 0.681. The number of rotatable bonds is 3. The van der Waals surface area contributed by atoms with E-state index >= 15 is 0 Å². The van der Waals surface area contributed by atoms with E-state index in [4.69, 9.17) is 0 Å². The van der Waals surface area contributed by atoms with Crippen molar-refractivity contribution >= 4 is 17.5 Å². The summed E-state index contributed by atoms with van der Waals surface area (Å²) in [5.41, 5.74) is 1.38. The molecule has 0 bridgehead atoms. The van der Waals surface area contributed by atoms with Crippen LogP contribution in [0, 0.1) is 5.21 Å². The molecule has 0 spiro atoms. The molecule has 0 radical (unpaired) electrons. The Bertz CT molecular complexity index is 666. The van der Waals surface area contributed by atoms with Crippen molar-refractivity contribution in [3.63, 3.8) is 0 Å². The first kappa shape index (κ1) is 14.5. The smallest absolute Gasteiger partial charge is 0.256 e. The van der Waals surface area contributed by atoms with E-state index in [1.54, 1.807) is 38.4 Å².